The molecule has 0 spiro atoms. The van der Waals surface area contributed by atoms with E-state index in [1.54, 1.807) is 6.07 Å². The number of hydrogen-bond donors (Lipinski definition) is 0. The van der Waals surface area contributed by atoms with Crippen molar-refractivity contribution in [3.8, 4) is 6.07 Å². The highest BCUT2D eigenvalue weighted by atomic mass is 35.5. The van der Waals surface area contributed by atoms with Crippen LogP contribution in [0.1, 0.15) is 29.5 Å². The largest absolute Gasteiger partial charge is 0.192 e. The third-order valence-corrected chi connectivity index (χ3v) is 3.51. The van der Waals surface area contributed by atoms with Gasteiger partial charge in [0.15, 0.2) is 0 Å². The third kappa shape index (κ3) is 3.05. The summed E-state index contributed by atoms with van der Waals surface area (Å²) in [6, 6.07) is 17.5. The van der Waals surface area contributed by atoms with Crippen LogP contribution in [0.3, 0.4) is 0 Å². The van der Waals surface area contributed by atoms with Crippen molar-refractivity contribution in [1.82, 2.24) is 0 Å². The van der Waals surface area contributed by atoms with Gasteiger partial charge in [-0.2, -0.15) is 5.26 Å². The molecule has 0 aliphatic heterocycles. The van der Waals surface area contributed by atoms with Gasteiger partial charge in [-0.05, 0) is 41.0 Å². The zero-order valence-corrected chi connectivity index (χ0v) is 11.5. The van der Waals surface area contributed by atoms with Gasteiger partial charge in [-0.25, -0.2) is 0 Å². The van der Waals surface area contributed by atoms with E-state index >= 15 is 0 Å². The van der Waals surface area contributed by atoms with E-state index in [2.05, 4.69) is 19.6 Å². The first-order chi connectivity index (χ1) is 9.11. The van der Waals surface area contributed by atoms with Crippen molar-refractivity contribution in [2.45, 2.75) is 12.8 Å². The van der Waals surface area contributed by atoms with E-state index in [4.69, 9.17) is 16.9 Å². The van der Waals surface area contributed by atoms with E-state index in [1.165, 1.54) is 0 Å². The van der Waals surface area contributed by atoms with Gasteiger partial charge in [-0.1, -0.05) is 49.4 Å². The minimum absolute atomic E-state index is 0.186. The number of rotatable bonds is 3. The Morgan fingerprint density at radius 2 is 1.89 bits per heavy atom. The van der Waals surface area contributed by atoms with Gasteiger partial charge in [0.25, 0.3) is 0 Å². The predicted molar refractivity (Wildman–Crippen MR) is 80.1 cm³/mol. The summed E-state index contributed by atoms with van der Waals surface area (Å²) in [7, 11) is 0. The summed E-state index contributed by atoms with van der Waals surface area (Å²) < 4.78 is 0. The first-order valence-corrected chi connectivity index (χ1v) is 6.44. The lowest BCUT2D eigenvalue weighted by Crippen LogP contribution is -1.97. The Morgan fingerprint density at radius 1 is 1.21 bits per heavy atom. The molecule has 1 atom stereocenters. The number of nitrogens with zero attached hydrogens (tertiary/aromatic N) is 1. The number of benzene rings is 2. The van der Waals surface area contributed by atoms with Crippen LogP contribution in [-0.4, -0.2) is 0 Å². The smallest absolute Gasteiger partial charge is 0.0991 e. The summed E-state index contributed by atoms with van der Waals surface area (Å²) in [6.07, 6.45) is 0. The first kappa shape index (κ1) is 13.4. The van der Waals surface area contributed by atoms with Crippen molar-refractivity contribution in [1.29, 1.82) is 5.26 Å². The summed E-state index contributed by atoms with van der Waals surface area (Å²) in [6.45, 7) is 6.26. The number of allylic oxidation sites excluding steroid dienone is 1. The average Bonchev–Trinajstić information content (AvgIpc) is 2.46. The summed E-state index contributed by atoms with van der Waals surface area (Å²) in [5.41, 5.74) is 3.82. The van der Waals surface area contributed by atoms with Crippen molar-refractivity contribution in [3.63, 3.8) is 0 Å². The predicted octanol–water partition coefficient (Wildman–Crippen LogP) is 5.03. The molecule has 0 fully saturated rings. The molecule has 0 bridgehead atoms. The second kappa shape index (κ2) is 5.73. The van der Waals surface area contributed by atoms with Crippen molar-refractivity contribution in [3.05, 3.63) is 76.8 Å². The zero-order chi connectivity index (χ0) is 13.8. The average molecular weight is 268 g/mol. The molecule has 2 heteroatoms. The number of hydrogen-bond acceptors (Lipinski definition) is 1. The lowest BCUT2D eigenvalue weighted by atomic mass is 9.89. The molecule has 0 N–H and O–H groups in total. The van der Waals surface area contributed by atoms with Crippen LogP contribution in [0.15, 0.2) is 55.1 Å². The number of halogens is 1. The van der Waals surface area contributed by atoms with E-state index < -0.39 is 0 Å². The minimum atomic E-state index is 0.186. The molecule has 0 amide bonds. The summed E-state index contributed by atoms with van der Waals surface area (Å²) in [5, 5.41) is 9.67. The summed E-state index contributed by atoms with van der Waals surface area (Å²) in [4.78, 5) is 0. The fourth-order valence-corrected chi connectivity index (χ4v) is 2.12. The maximum Gasteiger partial charge on any atom is 0.0991 e. The van der Waals surface area contributed by atoms with Crippen LogP contribution >= 0.6 is 11.6 Å². The maximum atomic E-state index is 8.94. The Kier molecular flexibility index (Phi) is 4.04. The molecule has 2 aromatic carbocycles. The van der Waals surface area contributed by atoms with E-state index in [1.807, 2.05) is 42.5 Å². The van der Waals surface area contributed by atoms with Crippen LogP contribution in [-0.2, 0) is 0 Å². The fraction of sp³-hybridized carbons (Fsp3) is 0.118. The van der Waals surface area contributed by atoms with E-state index in [0.29, 0.717) is 5.56 Å². The molecular formula is C17H14ClN. The van der Waals surface area contributed by atoms with Gasteiger partial charge in [-0.15, -0.1) is 0 Å². The Morgan fingerprint density at radius 3 is 2.53 bits per heavy atom. The van der Waals surface area contributed by atoms with E-state index in [-0.39, 0.29) is 5.92 Å². The molecule has 19 heavy (non-hydrogen) atoms. The molecule has 1 unspecified atom stereocenters. The Hall–Kier alpha value is -2.04. The third-order valence-electron chi connectivity index (χ3n) is 3.26. The first-order valence-electron chi connectivity index (χ1n) is 6.06. The van der Waals surface area contributed by atoms with Crippen LogP contribution in [0.2, 0.25) is 5.02 Å². The topological polar surface area (TPSA) is 23.8 Å². The molecule has 0 heterocycles. The van der Waals surface area contributed by atoms with Crippen LogP contribution in [0.4, 0.5) is 0 Å². The highest BCUT2D eigenvalue weighted by molar-refractivity contribution is 6.30. The fourth-order valence-electron chi connectivity index (χ4n) is 1.99. The van der Waals surface area contributed by atoms with Crippen molar-refractivity contribution in [2.75, 3.05) is 0 Å². The van der Waals surface area contributed by atoms with E-state index in [9.17, 15) is 0 Å². The molecule has 0 aromatic heterocycles. The molecule has 1 nitrogen and oxygen atoms in total. The van der Waals surface area contributed by atoms with Crippen molar-refractivity contribution < 1.29 is 0 Å². The Bertz CT molecular complexity index is 635. The minimum Gasteiger partial charge on any atom is -0.192 e. The summed E-state index contributed by atoms with van der Waals surface area (Å²) >= 11 is 5.89. The molecular weight excluding hydrogens is 254 g/mol. The van der Waals surface area contributed by atoms with Crippen LogP contribution < -0.4 is 0 Å². The van der Waals surface area contributed by atoms with E-state index in [0.717, 1.165) is 21.7 Å². The molecule has 0 radical (unpaired) electrons. The van der Waals surface area contributed by atoms with Crippen molar-refractivity contribution in [2.24, 2.45) is 0 Å². The SMILES string of the molecule is C=C(c1cccc(C#N)c1)C(C)c1ccc(Cl)cc1. The second-order valence-electron chi connectivity index (χ2n) is 4.49. The van der Waals surface area contributed by atoms with Gasteiger partial charge < -0.3 is 0 Å². The molecule has 2 aromatic rings. The van der Waals surface area contributed by atoms with Gasteiger partial charge >= 0.3 is 0 Å². The quantitative estimate of drug-likeness (QED) is 0.765. The maximum absolute atomic E-state index is 8.94. The van der Waals surface area contributed by atoms with Crippen LogP contribution in [0.25, 0.3) is 5.57 Å². The lowest BCUT2D eigenvalue weighted by molar-refractivity contribution is 0.992. The molecule has 0 aliphatic carbocycles. The zero-order valence-electron chi connectivity index (χ0n) is 10.7. The molecule has 2 rings (SSSR count). The summed E-state index contributed by atoms with van der Waals surface area (Å²) in [5.74, 6) is 0.186. The monoisotopic (exact) mass is 267 g/mol. The molecule has 0 aliphatic rings. The van der Waals surface area contributed by atoms with Crippen molar-refractivity contribution >= 4 is 17.2 Å². The standard InChI is InChI=1S/C17H14ClN/c1-12(15-6-8-17(18)9-7-15)13(2)16-5-3-4-14(10-16)11-19/h3-10,12H,2H2,1H3. The van der Waals surface area contributed by atoms with Gasteiger partial charge in [0.1, 0.15) is 0 Å². The van der Waals surface area contributed by atoms with Crippen LogP contribution in [0.5, 0.6) is 0 Å². The van der Waals surface area contributed by atoms with Gasteiger partial charge in [0, 0.05) is 10.9 Å². The van der Waals surface area contributed by atoms with Gasteiger partial charge in [0.05, 0.1) is 11.6 Å². The highest BCUT2D eigenvalue weighted by Crippen LogP contribution is 2.31. The van der Waals surface area contributed by atoms with Gasteiger partial charge in [0.2, 0.25) is 0 Å². The molecule has 0 saturated carbocycles. The normalized spacial score (nSPS) is 11.6. The Balaban J connectivity index is 2.28. The van der Waals surface area contributed by atoms with Crippen LogP contribution in [0, 0.1) is 11.3 Å². The second-order valence-corrected chi connectivity index (χ2v) is 4.93. The highest BCUT2D eigenvalue weighted by Gasteiger charge is 2.11. The van der Waals surface area contributed by atoms with Gasteiger partial charge in [-0.3, -0.25) is 0 Å². The number of nitriles is 1. The lowest BCUT2D eigenvalue weighted by Gasteiger charge is -2.16. The molecule has 0 saturated heterocycles. The molecule has 94 valence electrons. The Labute approximate surface area is 118 Å².